The van der Waals surface area contributed by atoms with Gasteiger partial charge in [-0.3, -0.25) is 14.4 Å². The molecule has 3 amide bonds. The first-order valence-corrected chi connectivity index (χ1v) is 16.6. The molecule has 44 heavy (non-hydrogen) atoms. The van der Waals surface area contributed by atoms with Gasteiger partial charge in [-0.15, -0.1) is 0 Å². The summed E-state index contributed by atoms with van der Waals surface area (Å²) in [6, 6.07) is 5.88. The van der Waals surface area contributed by atoms with E-state index in [1.54, 1.807) is 25.9 Å². The predicted molar refractivity (Wildman–Crippen MR) is 172 cm³/mol. The maximum Gasteiger partial charge on any atom is 0.270 e. The number of benzene rings is 1. The van der Waals surface area contributed by atoms with Crippen molar-refractivity contribution in [1.29, 1.82) is 0 Å². The molecule has 2 saturated heterocycles. The third-order valence-corrected chi connectivity index (χ3v) is 9.72. The van der Waals surface area contributed by atoms with Crippen molar-refractivity contribution in [2.75, 3.05) is 63.3 Å². The third kappa shape index (κ3) is 7.23. The molecule has 0 aromatic heterocycles. The Morgan fingerprint density at radius 3 is 2.52 bits per heavy atom. The number of nitrogens with zero attached hydrogens (tertiary/aromatic N) is 3. The summed E-state index contributed by atoms with van der Waals surface area (Å²) in [7, 11) is 3.80. The molecule has 2 N–H and O–H groups in total. The number of rotatable bonds is 11. The van der Waals surface area contributed by atoms with E-state index in [-0.39, 0.29) is 41.1 Å². The summed E-state index contributed by atoms with van der Waals surface area (Å²) in [4.78, 5) is 47.4. The molecule has 1 aromatic carbocycles. The van der Waals surface area contributed by atoms with Crippen molar-refractivity contribution in [3.63, 3.8) is 0 Å². The van der Waals surface area contributed by atoms with Crippen LogP contribution in [0.4, 0.5) is 11.4 Å². The van der Waals surface area contributed by atoms with Gasteiger partial charge in [-0.1, -0.05) is 13.8 Å². The van der Waals surface area contributed by atoms with Crippen molar-refractivity contribution >= 4 is 29.1 Å². The number of nitrogens with one attached hydrogen (secondary N) is 2. The van der Waals surface area contributed by atoms with Crippen molar-refractivity contribution in [2.24, 2.45) is 17.8 Å². The van der Waals surface area contributed by atoms with Gasteiger partial charge in [0.2, 0.25) is 11.8 Å². The smallest absolute Gasteiger partial charge is 0.270 e. The Labute approximate surface area is 263 Å². The van der Waals surface area contributed by atoms with E-state index < -0.39 is 5.60 Å². The lowest BCUT2D eigenvalue weighted by Gasteiger charge is -2.44. The topological polar surface area (TPSA) is 103 Å². The number of carbonyl (C=O) groups excluding carboxylic acids is 3. The lowest BCUT2D eigenvalue weighted by atomic mass is 9.79. The van der Waals surface area contributed by atoms with Crippen LogP contribution in [0.3, 0.4) is 0 Å². The van der Waals surface area contributed by atoms with Gasteiger partial charge in [0.15, 0.2) is 5.60 Å². The number of piperidine rings is 2. The van der Waals surface area contributed by atoms with Crippen molar-refractivity contribution in [3.8, 4) is 5.75 Å². The normalized spacial score (nSPS) is 24.9. The van der Waals surface area contributed by atoms with Gasteiger partial charge in [-0.25, -0.2) is 0 Å². The molecule has 0 radical (unpaired) electrons. The molecule has 0 bridgehead atoms. The summed E-state index contributed by atoms with van der Waals surface area (Å²) in [5.74, 6) is 0.579. The fourth-order valence-electron chi connectivity index (χ4n) is 7.24. The van der Waals surface area contributed by atoms with E-state index in [0.29, 0.717) is 56.4 Å². The van der Waals surface area contributed by atoms with Crippen LogP contribution in [0.2, 0.25) is 0 Å². The van der Waals surface area contributed by atoms with E-state index in [4.69, 9.17) is 9.47 Å². The average Bonchev–Trinajstić information content (AvgIpc) is 3.82. The average molecular weight is 612 g/mol. The SMILES string of the molecule is COCCCN1C(=O)C(C)(C)Oc2ccc(N(C(=O)[C@H]3CNCC(C(=O)NC4(CC(C)C)CCN(C)CC4)C3)C3CC3)cc21. The minimum absolute atomic E-state index is 0.0444. The molecule has 3 aliphatic heterocycles. The second-order valence-corrected chi connectivity index (χ2v) is 14.5. The number of ether oxygens (including phenoxy) is 2. The fraction of sp³-hybridized carbons (Fsp3) is 0.735. The van der Waals surface area contributed by atoms with E-state index in [0.717, 1.165) is 50.9 Å². The maximum atomic E-state index is 14.2. The zero-order valence-electron chi connectivity index (χ0n) is 27.6. The van der Waals surface area contributed by atoms with Gasteiger partial charge in [-0.05, 0) is 90.0 Å². The van der Waals surface area contributed by atoms with Crippen LogP contribution < -0.4 is 25.2 Å². The summed E-state index contributed by atoms with van der Waals surface area (Å²) in [5.41, 5.74) is 0.311. The number of hydrogen-bond acceptors (Lipinski definition) is 7. The molecule has 1 aromatic rings. The van der Waals surface area contributed by atoms with Crippen LogP contribution in [-0.4, -0.2) is 93.3 Å². The van der Waals surface area contributed by atoms with Crippen molar-refractivity contribution in [3.05, 3.63) is 18.2 Å². The second-order valence-electron chi connectivity index (χ2n) is 14.5. The van der Waals surface area contributed by atoms with Gasteiger partial charge in [0.25, 0.3) is 5.91 Å². The molecule has 10 nitrogen and oxygen atoms in total. The standard InChI is InChI=1S/C34H53N5O5/c1-23(2)20-34(12-15-37(5)16-13-34)36-30(40)24-18-25(22-35-21-24)31(41)39(26-8-9-26)27-10-11-29-28(19-27)38(14-7-17-43-6)32(42)33(3,4)44-29/h10-11,19,23-26,35H,7-9,12-18,20-22H2,1-6H3,(H,36,40)/t24?,25-/m1/s1. The van der Waals surface area contributed by atoms with Crippen LogP contribution in [0.1, 0.15) is 72.6 Å². The largest absolute Gasteiger partial charge is 0.476 e. The summed E-state index contributed by atoms with van der Waals surface area (Å²) < 4.78 is 11.4. The summed E-state index contributed by atoms with van der Waals surface area (Å²) in [6.45, 7) is 12.2. The third-order valence-electron chi connectivity index (χ3n) is 9.72. The molecule has 3 heterocycles. The Hall–Kier alpha value is -2.69. The molecule has 5 rings (SSSR count). The van der Waals surface area contributed by atoms with E-state index >= 15 is 0 Å². The maximum absolute atomic E-state index is 14.2. The molecular weight excluding hydrogens is 558 g/mol. The first-order valence-electron chi connectivity index (χ1n) is 16.6. The molecule has 0 spiro atoms. The molecule has 4 aliphatic rings. The molecule has 1 aliphatic carbocycles. The van der Waals surface area contributed by atoms with E-state index in [1.807, 2.05) is 23.1 Å². The van der Waals surface area contributed by atoms with E-state index in [1.165, 1.54) is 0 Å². The summed E-state index contributed by atoms with van der Waals surface area (Å²) >= 11 is 0. The lowest BCUT2D eigenvalue weighted by Crippen LogP contribution is -2.58. The number of likely N-dealkylation sites (tertiary alicyclic amines) is 1. The minimum atomic E-state index is -0.974. The molecular formula is C34H53N5O5. The van der Waals surface area contributed by atoms with Crippen LogP contribution >= 0.6 is 0 Å². The first-order chi connectivity index (χ1) is 20.9. The van der Waals surface area contributed by atoms with Gasteiger partial charge in [-0.2, -0.15) is 0 Å². The number of amides is 3. The molecule has 3 fully saturated rings. The van der Waals surface area contributed by atoms with Crippen molar-refractivity contribution in [2.45, 2.75) is 89.8 Å². The molecule has 10 heteroatoms. The van der Waals surface area contributed by atoms with Gasteiger partial charge >= 0.3 is 0 Å². The number of carbonyl (C=O) groups is 3. The van der Waals surface area contributed by atoms with Crippen LogP contribution in [0.5, 0.6) is 5.75 Å². The monoisotopic (exact) mass is 611 g/mol. The Balaban J connectivity index is 1.33. The Kier molecular flexibility index (Phi) is 9.92. The molecule has 1 unspecified atom stereocenters. The predicted octanol–water partition coefficient (Wildman–Crippen LogP) is 3.57. The van der Waals surface area contributed by atoms with E-state index in [2.05, 4.69) is 36.4 Å². The number of fused-ring (bicyclic) bond motifs is 1. The molecule has 2 atom stereocenters. The number of hydrogen-bond donors (Lipinski definition) is 2. The summed E-state index contributed by atoms with van der Waals surface area (Å²) in [6.07, 6.45) is 5.99. The Morgan fingerprint density at radius 1 is 1.16 bits per heavy atom. The van der Waals surface area contributed by atoms with E-state index in [9.17, 15) is 14.4 Å². The minimum Gasteiger partial charge on any atom is -0.476 e. The van der Waals surface area contributed by atoms with Crippen molar-refractivity contribution < 1.29 is 23.9 Å². The Morgan fingerprint density at radius 2 is 1.86 bits per heavy atom. The first kappa shape index (κ1) is 32.7. The Bertz CT molecular complexity index is 1210. The van der Waals surface area contributed by atoms with Crippen LogP contribution in [0, 0.1) is 17.8 Å². The summed E-state index contributed by atoms with van der Waals surface area (Å²) in [5, 5.41) is 6.90. The van der Waals surface area contributed by atoms with Crippen LogP contribution in [0.25, 0.3) is 0 Å². The quantitative estimate of drug-likeness (QED) is 0.369. The highest BCUT2D eigenvalue weighted by molar-refractivity contribution is 6.04. The lowest BCUT2D eigenvalue weighted by molar-refractivity contribution is -0.133. The highest BCUT2D eigenvalue weighted by atomic mass is 16.5. The van der Waals surface area contributed by atoms with Crippen LogP contribution in [0.15, 0.2) is 18.2 Å². The second kappa shape index (κ2) is 13.3. The fourth-order valence-corrected chi connectivity index (χ4v) is 7.24. The zero-order chi connectivity index (χ0) is 31.6. The van der Waals surface area contributed by atoms with Crippen molar-refractivity contribution in [1.82, 2.24) is 15.5 Å². The molecule has 1 saturated carbocycles. The van der Waals surface area contributed by atoms with Gasteiger partial charge in [0, 0.05) is 63.7 Å². The van der Waals surface area contributed by atoms with Crippen LogP contribution in [-0.2, 0) is 19.1 Å². The highest BCUT2D eigenvalue weighted by Crippen LogP contribution is 2.43. The highest BCUT2D eigenvalue weighted by Gasteiger charge is 2.44. The van der Waals surface area contributed by atoms with Gasteiger partial charge < -0.3 is 34.8 Å². The number of anilines is 2. The zero-order valence-corrected chi connectivity index (χ0v) is 27.6. The number of methoxy groups -OCH3 is 1. The van der Waals surface area contributed by atoms with Gasteiger partial charge in [0.1, 0.15) is 5.75 Å². The van der Waals surface area contributed by atoms with Gasteiger partial charge in [0.05, 0.1) is 17.5 Å². The molecule has 244 valence electrons.